The molecule has 90 valence electrons. The van der Waals surface area contributed by atoms with Gasteiger partial charge in [-0.1, -0.05) is 42.3 Å². The molecule has 1 aromatic carbocycles. The van der Waals surface area contributed by atoms with E-state index in [1.54, 1.807) is 19.1 Å². The van der Waals surface area contributed by atoms with E-state index < -0.39 is 11.4 Å². The smallest absolute Gasteiger partial charge is 0.343 e. The van der Waals surface area contributed by atoms with E-state index in [-0.39, 0.29) is 0 Å². The third-order valence-corrected chi connectivity index (χ3v) is 2.97. The topological polar surface area (TPSA) is 57.5 Å². The summed E-state index contributed by atoms with van der Waals surface area (Å²) in [5.74, 6) is -0.551. The van der Waals surface area contributed by atoms with Crippen LogP contribution in [0.15, 0.2) is 24.3 Å². The average Bonchev–Trinajstić information content (AvgIpc) is 2.24. The number of hydrogen-bond donors (Lipinski definition) is 2. The number of aliphatic carboxylic acids is 1. The van der Waals surface area contributed by atoms with E-state index in [1.807, 2.05) is 12.1 Å². The van der Waals surface area contributed by atoms with Gasteiger partial charge in [0.05, 0.1) is 10.0 Å². The first kappa shape index (κ1) is 15.6. The van der Waals surface area contributed by atoms with E-state index in [9.17, 15) is 4.79 Å². The van der Waals surface area contributed by atoms with Gasteiger partial charge in [0.15, 0.2) is 5.44 Å². The molecule has 0 aliphatic heterocycles. The molecule has 16 heavy (non-hydrogen) atoms. The van der Waals surface area contributed by atoms with Crippen LogP contribution in [-0.2, 0) is 4.79 Å². The zero-order chi connectivity index (χ0) is 12.6. The van der Waals surface area contributed by atoms with Crippen molar-refractivity contribution in [3.05, 3.63) is 34.3 Å². The van der Waals surface area contributed by atoms with Crippen molar-refractivity contribution in [3.63, 3.8) is 0 Å². The summed E-state index contributed by atoms with van der Waals surface area (Å²) in [7, 11) is 0. The number of carbonyl (C=O) groups is 1. The number of aliphatic hydroxyl groups is 1. The first-order valence-electron chi connectivity index (χ1n) is 4.41. The lowest BCUT2D eigenvalue weighted by Gasteiger charge is -1.99. The maximum atomic E-state index is 9.82. The molecule has 1 rings (SSSR count). The maximum absolute atomic E-state index is 9.82. The second-order valence-corrected chi connectivity index (χ2v) is 4.73. The van der Waals surface area contributed by atoms with Crippen molar-refractivity contribution in [1.29, 1.82) is 0 Å². The molecule has 1 unspecified atom stereocenters. The Balaban J connectivity index is 0.000000281. The van der Waals surface area contributed by atoms with Crippen molar-refractivity contribution >= 4 is 40.9 Å². The van der Waals surface area contributed by atoms with Crippen molar-refractivity contribution in [1.82, 2.24) is 0 Å². The number of rotatable bonds is 3. The van der Waals surface area contributed by atoms with Crippen LogP contribution in [0.2, 0.25) is 10.0 Å². The number of halogens is 2. The molecule has 0 radical (unpaired) electrons. The highest BCUT2D eigenvalue weighted by Gasteiger charge is 2.10. The minimum absolute atomic E-state index is 0.606. The van der Waals surface area contributed by atoms with Gasteiger partial charge < -0.3 is 10.2 Å². The molecule has 0 aliphatic rings. The van der Waals surface area contributed by atoms with Gasteiger partial charge in [0.1, 0.15) is 0 Å². The second kappa shape index (κ2) is 8.70. The summed E-state index contributed by atoms with van der Waals surface area (Å²) in [5.41, 5.74) is -1.25. The lowest BCUT2D eigenvalue weighted by Crippen LogP contribution is -2.14. The molecule has 0 aromatic heterocycles. The van der Waals surface area contributed by atoms with Crippen molar-refractivity contribution < 1.29 is 15.0 Å². The van der Waals surface area contributed by atoms with Crippen LogP contribution in [0.1, 0.15) is 6.92 Å². The van der Waals surface area contributed by atoms with Gasteiger partial charge in [0.2, 0.25) is 0 Å². The van der Waals surface area contributed by atoms with Crippen LogP contribution in [0.3, 0.4) is 0 Å². The Hall–Kier alpha value is -0.420. The van der Waals surface area contributed by atoms with Crippen LogP contribution in [0.5, 0.6) is 0 Å². The Morgan fingerprint density at radius 3 is 2.00 bits per heavy atom. The van der Waals surface area contributed by atoms with E-state index in [0.717, 1.165) is 11.8 Å². The minimum Gasteiger partial charge on any atom is -0.479 e. The molecular formula is C10H12Cl2O3S. The van der Waals surface area contributed by atoms with Crippen molar-refractivity contribution in [2.45, 2.75) is 12.4 Å². The SMILES string of the molecule is CCSC(O)C(=O)O.Clc1ccccc1Cl. The van der Waals surface area contributed by atoms with E-state index in [4.69, 9.17) is 33.4 Å². The van der Waals surface area contributed by atoms with E-state index >= 15 is 0 Å². The molecular weight excluding hydrogens is 271 g/mol. The van der Waals surface area contributed by atoms with Crippen molar-refractivity contribution in [2.24, 2.45) is 0 Å². The summed E-state index contributed by atoms with van der Waals surface area (Å²) in [6, 6.07) is 7.19. The highest BCUT2D eigenvalue weighted by molar-refractivity contribution is 8.00. The fourth-order valence-electron chi connectivity index (χ4n) is 0.668. The van der Waals surface area contributed by atoms with Gasteiger partial charge in [-0.3, -0.25) is 0 Å². The molecule has 0 saturated heterocycles. The zero-order valence-corrected chi connectivity index (χ0v) is 10.9. The van der Waals surface area contributed by atoms with Gasteiger partial charge in [-0.25, -0.2) is 4.79 Å². The third-order valence-electron chi connectivity index (χ3n) is 1.36. The molecule has 0 fully saturated rings. The predicted molar refractivity (Wildman–Crippen MR) is 68.2 cm³/mol. The molecule has 0 amide bonds. The van der Waals surface area contributed by atoms with Gasteiger partial charge in [-0.15, -0.1) is 11.8 Å². The standard InChI is InChI=1S/C6H4Cl2.C4H8O3S/c7-5-3-1-2-4-6(5)8;1-2-8-4(7)3(5)6/h1-4H;4,7H,2H2,1H3,(H,5,6). The number of aliphatic hydroxyl groups excluding tert-OH is 1. The molecule has 0 aliphatic carbocycles. The second-order valence-electron chi connectivity index (χ2n) is 2.56. The van der Waals surface area contributed by atoms with Crippen LogP contribution >= 0.6 is 35.0 Å². The van der Waals surface area contributed by atoms with Gasteiger partial charge in [0, 0.05) is 0 Å². The molecule has 0 bridgehead atoms. The summed E-state index contributed by atoms with van der Waals surface area (Å²) < 4.78 is 0. The Bertz CT molecular complexity index is 313. The Morgan fingerprint density at radius 2 is 1.81 bits per heavy atom. The third kappa shape index (κ3) is 6.95. The highest BCUT2D eigenvalue weighted by Crippen LogP contribution is 2.19. The van der Waals surface area contributed by atoms with Crippen LogP contribution in [0.4, 0.5) is 0 Å². The summed E-state index contributed by atoms with van der Waals surface area (Å²) in [6.07, 6.45) is 0. The van der Waals surface area contributed by atoms with Crippen LogP contribution in [0, 0.1) is 0 Å². The lowest BCUT2D eigenvalue weighted by molar-refractivity contribution is -0.141. The molecule has 1 atom stereocenters. The summed E-state index contributed by atoms with van der Waals surface area (Å²) in [4.78, 5) is 9.82. The van der Waals surface area contributed by atoms with Crippen LogP contribution in [-0.4, -0.2) is 27.4 Å². The van der Waals surface area contributed by atoms with E-state index in [1.165, 1.54) is 0 Å². The summed E-state index contributed by atoms with van der Waals surface area (Å²) in [5, 5.41) is 17.7. The fraction of sp³-hybridized carbons (Fsp3) is 0.300. The lowest BCUT2D eigenvalue weighted by atomic mass is 10.4. The zero-order valence-electron chi connectivity index (χ0n) is 8.56. The Labute approximate surface area is 108 Å². The van der Waals surface area contributed by atoms with Gasteiger partial charge >= 0.3 is 5.97 Å². The normalized spacial score (nSPS) is 11.2. The van der Waals surface area contributed by atoms with Gasteiger partial charge in [-0.2, -0.15) is 0 Å². The minimum atomic E-state index is -1.25. The van der Waals surface area contributed by atoms with Crippen LogP contribution in [0.25, 0.3) is 0 Å². The Kier molecular flexibility index (Phi) is 8.47. The summed E-state index contributed by atoms with van der Waals surface area (Å²) >= 11 is 12.1. The molecule has 2 N–H and O–H groups in total. The monoisotopic (exact) mass is 282 g/mol. The maximum Gasteiger partial charge on any atom is 0.343 e. The molecule has 6 heteroatoms. The summed E-state index contributed by atoms with van der Waals surface area (Å²) in [6.45, 7) is 1.79. The molecule has 1 aromatic rings. The van der Waals surface area contributed by atoms with Gasteiger partial charge in [0.25, 0.3) is 0 Å². The number of carboxylic acid groups (broad SMARTS) is 1. The Morgan fingerprint density at radius 1 is 1.38 bits per heavy atom. The van der Waals surface area contributed by atoms with E-state index in [2.05, 4.69) is 0 Å². The quantitative estimate of drug-likeness (QED) is 0.837. The fourth-order valence-corrected chi connectivity index (χ4v) is 1.40. The number of benzene rings is 1. The molecule has 0 heterocycles. The predicted octanol–water partition coefficient (Wildman–Crippen LogP) is 3.14. The van der Waals surface area contributed by atoms with Crippen molar-refractivity contribution in [2.75, 3.05) is 5.75 Å². The first-order valence-corrected chi connectivity index (χ1v) is 6.22. The van der Waals surface area contributed by atoms with E-state index in [0.29, 0.717) is 15.8 Å². The number of hydrogen-bond acceptors (Lipinski definition) is 3. The number of carboxylic acids is 1. The molecule has 0 saturated carbocycles. The number of thioether (sulfide) groups is 1. The average molecular weight is 283 g/mol. The van der Waals surface area contributed by atoms with Gasteiger partial charge in [-0.05, 0) is 17.9 Å². The molecule has 0 spiro atoms. The highest BCUT2D eigenvalue weighted by atomic mass is 35.5. The first-order chi connectivity index (χ1) is 7.49. The molecule has 3 nitrogen and oxygen atoms in total. The van der Waals surface area contributed by atoms with Crippen LogP contribution < -0.4 is 0 Å². The van der Waals surface area contributed by atoms with Crippen molar-refractivity contribution in [3.8, 4) is 0 Å². The largest absolute Gasteiger partial charge is 0.479 e.